The molecule has 0 unspecified atom stereocenters. The zero-order chi connectivity index (χ0) is 7.56. The Morgan fingerprint density at radius 2 is 2.20 bits per heavy atom. The minimum Gasteiger partial charge on any atom is -0.382 e. The van der Waals surface area contributed by atoms with Crippen molar-refractivity contribution in [1.29, 1.82) is 0 Å². The predicted molar refractivity (Wildman–Crippen MR) is 41.2 cm³/mol. The summed E-state index contributed by atoms with van der Waals surface area (Å²) in [6, 6.07) is 3.50. The zero-order valence-corrected chi connectivity index (χ0v) is 5.83. The fourth-order valence-electron chi connectivity index (χ4n) is 0.570. The molecule has 0 radical (unpaired) electrons. The normalized spacial score (nSPS) is 9.30. The fraction of sp³-hybridized carbons (Fsp3) is 0.143. The van der Waals surface area contributed by atoms with Gasteiger partial charge in [0.05, 0.1) is 5.69 Å². The Kier molecular flexibility index (Phi) is 1.67. The lowest BCUT2D eigenvalue weighted by molar-refractivity contribution is 1.02. The largest absolute Gasteiger partial charge is 0.382 e. The first-order chi connectivity index (χ1) is 4.70. The van der Waals surface area contributed by atoms with Crippen LogP contribution in [-0.2, 0) is 0 Å². The van der Waals surface area contributed by atoms with Crippen molar-refractivity contribution in [2.45, 2.75) is 6.92 Å². The van der Waals surface area contributed by atoms with E-state index in [1.54, 1.807) is 12.1 Å². The van der Waals surface area contributed by atoms with Gasteiger partial charge in [0, 0.05) is 0 Å². The molecule has 0 bridgehead atoms. The highest BCUT2D eigenvalue weighted by atomic mass is 15.1. The SMILES string of the molecule is C=C(C)c1ccc(N)nn1. The van der Waals surface area contributed by atoms with Crippen LogP contribution in [0.5, 0.6) is 0 Å². The highest BCUT2D eigenvalue weighted by molar-refractivity contribution is 5.57. The number of rotatable bonds is 1. The van der Waals surface area contributed by atoms with Crippen molar-refractivity contribution < 1.29 is 0 Å². The van der Waals surface area contributed by atoms with E-state index in [0.29, 0.717) is 5.82 Å². The van der Waals surface area contributed by atoms with Crippen LogP contribution >= 0.6 is 0 Å². The molecule has 3 nitrogen and oxygen atoms in total. The van der Waals surface area contributed by atoms with E-state index in [4.69, 9.17) is 5.73 Å². The number of nitrogens with zero attached hydrogens (tertiary/aromatic N) is 2. The summed E-state index contributed by atoms with van der Waals surface area (Å²) in [5, 5.41) is 7.47. The van der Waals surface area contributed by atoms with Gasteiger partial charge in [-0.25, -0.2) is 0 Å². The first-order valence-electron chi connectivity index (χ1n) is 2.95. The molecule has 0 spiro atoms. The topological polar surface area (TPSA) is 51.8 Å². The summed E-state index contributed by atoms with van der Waals surface area (Å²) in [7, 11) is 0. The standard InChI is InChI=1S/C7H9N3/c1-5(2)6-3-4-7(8)10-9-6/h3-4H,1H2,2H3,(H2,8,10). The molecule has 0 aromatic carbocycles. The van der Waals surface area contributed by atoms with Crippen LogP contribution in [0.2, 0.25) is 0 Å². The second-order valence-electron chi connectivity index (χ2n) is 2.12. The molecule has 1 aromatic rings. The summed E-state index contributed by atoms with van der Waals surface area (Å²) in [4.78, 5) is 0. The molecular weight excluding hydrogens is 126 g/mol. The van der Waals surface area contributed by atoms with Gasteiger partial charge in [-0.3, -0.25) is 0 Å². The van der Waals surface area contributed by atoms with E-state index in [0.717, 1.165) is 11.3 Å². The lowest BCUT2D eigenvalue weighted by Gasteiger charge is -1.95. The van der Waals surface area contributed by atoms with Crippen molar-refractivity contribution in [1.82, 2.24) is 10.2 Å². The van der Waals surface area contributed by atoms with Crippen molar-refractivity contribution in [2.75, 3.05) is 5.73 Å². The lowest BCUT2D eigenvalue weighted by atomic mass is 10.2. The van der Waals surface area contributed by atoms with E-state index in [1.165, 1.54) is 0 Å². The van der Waals surface area contributed by atoms with Gasteiger partial charge in [-0.1, -0.05) is 6.58 Å². The van der Waals surface area contributed by atoms with Crippen LogP contribution in [0.25, 0.3) is 5.57 Å². The molecule has 10 heavy (non-hydrogen) atoms. The summed E-state index contributed by atoms with van der Waals surface area (Å²) in [6.45, 7) is 5.59. The number of allylic oxidation sites excluding steroid dienone is 1. The van der Waals surface area contributed by atoms with Gasteiger partial charge in [0.15, 0.2) is 0 Å². The van der Waals surface area contributed by atoms with Crippen molar-refractivity contribution in [3.63, 3.8) is 0 Å². The smallest absolute Gasteiger partial charge is 0.146 e. The first-order valence-corrected chi connectivity index (χ1v) is 2.95. The van der Waals surface area contributed by atoms with Crippen molar-refractivity contribution in [2.24, 2.45) is 0 Å². The van der Waals surface area contributed by atoms with E-state index in [2.05, 4.69) is 16.8 Å². The Morgan fingerprint density at radius 3 is 2.60 bits per heavy atom. The van der Waals surface area contributed by atoms with E-state index >= 15 is 0 Å². The van der Waals surface area contributed by atoms with Gasteiger partial charge in [-0.2, -0.15) is 0 Å². The molecule has 2 N–H and O–H groups in total. The molecule has 0 amide bonds. The summed E-state index contributed by atoms with van der Waals surface area (Å²) < 4.78 is 0. The van der Waals surface area contributed by atoms with Gasteiger partial charge in [-0.05, 0) is 24.6 Å². The Balaban J connectivity index is 3.00. The van der Waals surface area contributed by atoms with Gasteiger partial charge in [-0.15, -0.1) is 10.2 Å². The fourth-order valence-corrected chi connectivity index (χ4v) is 0.570. The van der Waals surface area contributed by atoms with Crippen LogP contribution in [0.1, 0.15) is 12.6 Å². The van der Waals surface area contributed by atoms with Gasteiger partial charge in [0.1, 0.15) is 5.82 Å². The molecule has 0 aliphatic heterocycles. The van der Waals surface area contributed by atoms with Crippen molar-refractivity contribution in [3.05, 3.63) is 24.4 Å². The number of anilines is 1. The number of hydrogen-bond acceptors (Lipinski definition) is 3. The highest BCUT2D eigenvalue weighted by Crippen LogP contribution is 2.06. The van der Waals surface area contributed by atoms with Crippen LogP contribution in [0, 0.1) is 0 Å². The molecular formula is C7H9N3. The van der Waals surface area contributed by atoms with Crippen LogP contribution in [-0.4, -0.2) is 10.2 Å². The van der Waals surface area contributed by atoms with E-state index < -0.39 is 0 Å². The maximum atomic E-state index is 5.32. The summed E-state index contributed by atoms with van der Waals surface area (Å²) in [5.74, 6) is 0.435. The monoisotopic (exact) mass is 135 g/mol. The van der Waals surface area contributed by atoms with Gasteiger partial charge in [0.2, 0.25) is 0 Å². The van der Waals surface area contributed by atoms with Gasteiger partial charge < -0.3 is 5.73 Å². The quantitative estimate of drug-likeness (QED) is 0.627. The maximum Gasteiger partial charge on any atom is 0.146 e. The van der Waals surface area contributed by atoms with Crippen LogP contribution in [0.4, 0.5) is 5.82 Å². The number of hydrogen-bond donors (Lipinski definition) is 1. The molecule has 0 aliphatic carbocycles. The van der Waals surface area contributed by atoms with Crippen LogP contribution in [0.3, 0.4) is 0 Å². The molecule has 0 saturated carbocycles. The van der Waals surface area contributed by atoms with Crippen LogP contribution < -0.4 is 5.73 Å². The van der Waals surface area contributed by atoms with Gasteiger partial charge in [0.25, 0.3) is 0 Å². The minimum atomic E-state index is 0.435. The lowest BCUT2D eigenvalue weighted by Crippen LogP contribution is -1.94. The molecule has 0 aliphatic rings. The molecule has 0 atom stereocenters. The molecule has 0 saturated heterocycles. The third-order valence-corrected chi connectivity index (χ3v) is 1.12. The molecule has 1 heterocycles. The average Bonchev–Trinajstić information content (AvgIpc) is 1.88. The third-order valence-electron chi connectivity index (χ3n) is 1.12. The van der Waals surface area contributed by atoms with Crippen molar-refractivity contribution in [3.8, 4) is 0 Å². The molecule has 3 heteroatoms. The Labute approximate surface area is 59.6 Å². The summed E-state index contributed by atoms with van der Waals surface area (Å²) in [6.07, 6.45) is 0. The maximum absolute atomic E-state index is 5.32. The first kappa shape index (κ1) is 6.74. The van der Waals surface area contributed by atoms with Gasteiger partial charge >= 0.3 is 0 Å². The predicted octanol–water partition coefficient (Wildman–Crippen LogP) is 1.09. The van der Waals surface area contributed by atoms with E-state index in [1.807, 2.05) is 6.92 Å². The minimum absolute atomic E-state index is 0.435. The second kappa shape index (κ2) is 2.47. The average molecular weight is 135 g/mol. The Bertz CT molecular complexity index is 238. The zero-order valence-electron chi connectivity index (χ0n) is 5.83. The second-order valence-corrected chi connectivity index (χ2v) is 2.12. The van der Waals surface area contributed by atoms with Crippen LogP contribution in [0.15, 0.2) is 18.7 Å². The third kappa shape index (κ3) is 1.31. The number of nitrogens with two attached hydrogens (primary N) is 1. The Hall–Kier alpha value is -1.38. The molecule has 0 fully saturated rings. The van der Waals surface area contributed by atoms with E-state index in [-0.39, 0.29) is 0 Å². The number of aromatic nitrogens is 2. The Morgan fingerprint density at radius 1 is 1.50 bits per heavy atom. The summed E-state index contributed by atoms with van der Waals surface area (Å²) in [5.41, 5.74) is 7.01. The molecule has 1 aromatic heterocycles. The molecule has 52 valence electrons. The van der Waals surface area contributed by atoms with Crippen molar-refractivity contribution >= 4 is 11.4 Å². The number of nitrogen functional groups attached to an aromatic ring is 1. The highest BCUT2D eigenvalue weighted by Gasteiger charge is 1.93. The molecule has 1 rings (SSSR count). The summed E-state index contributed by atoms with van der Waals surface area (Å²) >= 11 is 0. The van der Waals surface area contributed by atoms with E-state index in [9.17, 15) is 0 Å².